The summed E-state index contributed by atoms with van der Waals surface area (Å²) in [5.74, 6) is -0.198. The number of carbonyl (C=O) groups is 1. The molecule has 0 aromatic carbocycles. The van der Waals surface area contributed by atoms with Gasteiger partial charge in [0.25, 0.3) is 0 Å². The number of rotatable bonds is 6. The Labute approximate surface area is 110 Å². The Morgan fingerprint density at radius 3 is 2.82 bits per heavy atom. The largest absolute Gasteiger partial charge is 0.469 e. The zero-order valence-corrected chi connectivity index (χ0v) is 12.0. The van der Waals surface area contributed by atoms with Crippen LogP contribution >= 0.6 is 15.9 Å². The summed E-state index contributed by atoms with van der Waals surface area (Å²) in [6.07, 6.45) is 1.28. The van der Waals surface area contributed by atoms with Crippen LogP contribution in [-0.4, -0.2) is 29.4 Å². The van der Waals surface area contributed by atoms with Crippen LogP contribution in [0.4, 0.5) is 0 Å². The van der Waals surface area contributed by atoms with E-state index in [-0.39, 0.29) is 5.97 Å². The lowest BCUT2D eigenvalue weighted by Crippen LogP contribution is -2.20. The lowest BCUT2D eigenvalue weighted by atomic mass is 10.3. The highest BCUT2D eigenvalue weighted by molar-refractivity contribution is 9.10. The van der Waals surface area contributed by atoms with E-state index in [0.717, 1.165) is 22.3 Å². The van der Waals surface area contributed by atoms with Crippen LogP contribution in [0.2, 0.25) is 0 Å². The molecule has 0 unspecified atom stereocenters. The lowest BCUT2D eigenvalue weighted by molar-refractivity contribution is -0.140. The fourth-order valence-corrected chi connectivity index (χ4v) is 2.27. The molecular weight excluding hydrogens is 286 g/mol. The molecular formula is C11H18BrN3O2. The standard InChI is InChI=1S/C11H18BrN3O2/c1-4-8-11(12)9(15(2)14-8)7-13-6-5-10(16)17-3/h13H,4-7H2,1-3H3. The number of carbonyl (C=O) groups excluding carboxylic acids is 1. The van der Waals surface area contributed by atoms with Crippen molar-refractivity contribution in [1.82, 2.24) is 15.1 Å². The Hall–Kier alpha value is -0.880. The van der Waals surface area contributed by atoms with E-state index >= 15 is 0 Å². The molecule has 0 amide bonds. The summed E-state index contributed by atoms with van der Waals surface area (Å²) < 4.78 is 7.47. The smallest absolute Gasteiger partial charge is 0.306 e. The highest BCUT2D eigenvalue weighted by atomic mass is 79.9. The van der Waals surface area contributed by atoms with Crippen LogP contribution in [0.1, 0.15) is 24.7 Å². The minimum Gasteiger partial charge on any atom is -0.469 e. The number of nitrogens with one attached hydrogen (secondary N) is 1. The average Bonchev–Trinajstić information content (AvgIpc) is 2.60. The topological polar surface area (TPSA) is 56.2 Å². The average molecular weight is 304 g/mol. The van der Waals surface area contributed by atoms with Gasteiger partial charge in [0.1, 0.15) is 0 Å². The predicted octanol–water partition coefficient (Wildman–Crippen LogP) is 1.40. The second kappa shape index (κ2) is 6.76. The third-order valence-corrected chi connectivity index (χ3v) is 3.44. The molecule has 0 radical (unpaired) electrons. The van der Waals surface area contributed by atoms with Crippen molar-refractivity contribution < 1.29 is 9.53 Å². The minimum atomic E-state index is -0.198. The molecule has 1 heterocycles. The van der Waals surface area contributed by atoms with E-state index in [4.69, 9.17) is 0 Å². The van der Waals surface area contributed by atoms with Crippen LogP contribution in [-0.2, 0) is 29.5 Å². The van der Waals surface area contributed by atoms with Crippen LogP contribution in [0.25, 0.3) is 0 Å². The molecule has 1 N–H and O–H groups in total. The van der Waals surface area contributed by atoms with Crippen LogP contribution in [0, 0.1) is 0 Å². The van der Waals surface area contributed by atoms with E-state index in [1.54, 1.807) is 0 Å². The van der Waals surface area contributed by atoms with Crippen molar-refractivity contribution in [2.45, 2.75) is 26.3 Å². The molecule has 0 aliphatic carbocycles. The first kappa shape index (κ1) is 14.2. The molecule has 0 aliphatic heterocycles. The molecule has 1 rings (SSSR count). The SMILES string of the molecule is CCc1nn(C)c(CNCCC(=O)OC)c1Br. The molecule has 1 aromatic rings. The first-order chi connectivity index (χ1) is 8.10. The van der Waals surface area contributed by atoms with Crippen LogP contribution in [0.15, 0.2) is 4.47 Å². The number of halogens is 1. The Bertz CT molecular complexity index is 390. The summed E-state index contributed by atoms with van der Waals surface area (Å²) in [7, 11) is 3.31. The van der Waals surface area contributed by atoms with Gasteiger partial charge in [0, 0.05) is 20.1 Å². The van der Waals surface area contributed by atoms with Gasteiger partial charge in [-0.25, -0.2) is 0 Å². The van der Waals surface area contributed by atoms with Gasteiger partial charge >= 0.3 is 5.97 Å². The third kappa shape index (κ3) is 3.81. The molecule has 0 bridgehead atoms. The summed E-state index contributed by atoms with van der Waals surface area (Å²) in [5, 5.41) is 7.59. The molecule has 17 heavy (non-hydrogen) atoms. The van der Waals surface area contributed by atoms with E-state index < -0.39 is 0 Å². The number of nitrogens with zero attached hydrogens (tertiary/aromatic N) is 2. The monoisotopic (exact) mass is 303 g/mol. The van der Waals surface area contributed by atoms with Gasteiger partial charge in [0.2, 0.25) is 0 Å². The zero-order valence-electron chi connectivity index (χ0n) is 10.4. The van der Waals surface area contributed by atoms with E-state index in [9.17, 15) is 4.79 Å². The van der Waals surface area contributed by atoms with Gasteiger partial charge in [-0.2, -0.15) is 5.10 Å². The first-order valence-corrected chi connectivity index (χ1v) is 6.37. The second-order valence-electron chi connectivity index (χ2n) is 3.69. The van der Waals surface area contributed by atoms with Gasteiger partial charge in [-0.3, -0.25) is 9.48 Å². The molecule has 0 saturated carbocycles. The summed E-state index contributed by atoms with van der Waals surface area (Å²) in [6, 6.07) is 0. The van der Waals surface area contributed by atoms with E-state index in [2.05, 4.69) is 38.0 Å². The molecule has 0 saturated heterocycles. The van der Waals surface area contributed by atoms with Crippen LogP contribution in [0.3, 0.4) is 0 Å². The summed E-state index contributed by atoms with van der Waals surface area (Å²) >= 11 is 3.54. The van der Waals surface area contributed by atoms with Gasteiger partial charge in [0.05, 0.1) is 29.4 Å². The third-order valence-electron chi connectivity index (χ3n) is 2.53. The Balaban J connectivity index is 2.46. The molecule has 0 fully saturated rings. The van der Waals surface area contributed by atoms with Crippen molar-refractivity contribution in [3.8, 4) is 0 Å². The lowest BCUT2D eigenvalue weighted by Gasteiger charge is -2.05. The van der Waals surface area contributed by atoms with Crippen LogP contribution in [0.5, 0.6) is 0 Å². The van der Waals surface area contributed by atoms with Gasteiger partial charge in [0.15, 0.2) is 0 Å². The number of aryl methyl sites for hydroxylation is 2. The van der Waals surface area contributed by atoms with Crippen molar-refractivity contribution in [3.63, 3.8) is 0 Å². The maximum Gasteiger partial charge on any atom is 0.306 e. The Morgan fingerprint density at radius 2 is 2.29 bits per heavy atom. The fourth-order valence-electron chi connectivity index (χ4n) is 1.51. The molecule has 5 nitrogen and oxygen atoms in total. The van der Waals surface area contributed by atoms with Crippen molar-refractivity contribution in [2.75, 3.05) is 13.7 Å². The van der Waals surface area contributed by atoms with Crippen molar-refractivity contribution in [3.05, 3.63) is 15.9 Å². The quantitative estimate of drug-likeness (QED) is 0.637. The van der Waals surface area contributed by atoms with E-state index in [1.165, 1.54) is 7.11 Å². The molecule has 1 aromatic heterocycles. The Kier molecular flexibility index (Phi) is 5.64. The number of aromatic nitrogens is 2. The van der Waals surface area contributed by atoms with E-state index in [0.29, 0.717) is 19.5 Å². The van der Waals surface area contributed by atoms with Crippen molar-refractivity contribution in [2.24, 2.45) is 7.05 Å². The maximum absolute atomic E-state index is 10.9. The minimum absolute atomic E-state index is 0.198. The number of hydrogen-bond acceptors (Lipinski definition) is 4. The van der Waals surface area contributed by atoms with Gasteiger partial charge in [-0.1, -0.05) is 6.92 Å². The molecule has 0 atom stereocenters. The number of esters is 1. The van der Waals surface area contributed by atoms with E-state index in [1.807, 2.05) is 11.7 Å². The molecule has 96 valence electrons. The van der Waals surface area contributed by atoms with Crippen molar-refractivity contribution in [1.29, 1.82) is 0 Å². The second-order valence-corrected chi connectivity index (χ2v) is 4.48. The molecule has 0 spiro atoms. The van der Waals surface area contributed by atoms with Gasteiger partial charge in [-0.05, 0) is 22.4 Å². The maximum atomic E-state index is 10.9. The highest BCUT2D eigenvalue weighted by Gasteiger charge is 2.11. The van der Waals surface area contributed by atoms with Gasteiger partial charge < -0.3 is 10.1 Å². The Morgan fingerprint density at radius 1 is 1.59 bits per heavy atom. The number of methoxy groups -OCH3 is 1. The number of ether oxygens (including phenoxy) is 1. The highest BCUT2D eigenvalue weighted by Crippen LogP contribution is 2.21. The fraction of sp³-hybridized carbons (Fsp3) is 0.636. The van der Waals surface area contributed by atoms with Crippen molar-refractivity contribution >= 4 is 21.9 Å². The molecule has 0 aliphatic rings. The van der Waals surface area contributed by atoms with Gasteiger partial charge in [-0.15, -0.1) is 0 Å². The predicted molar refractivity (Wildman–Crippen MR) is 68.6 cm³/mol. The molecule has 6 heteroatoms. The summed E-state index contributed by atoms with van der Waals surface area (Å²) in [5.41, 5.74) is 2.14. The summed E-state index contributed by atoms with van der Waals surface area (Å²) in [4.78, 5) is 10.9. The van der Waals surface area contributed by atoms with Crippen LogP contribution < -0.4 is 5.32 Å². The first-order valence-electron chi connectivity index (χ1n) is 5.57. The summed E-state index contributed by atoms with van der Waals surface area (Å²) in [6.45, 7) is 3.36. The number of hydrogen-bond donors (Lipinski definition) is 1. The normalized spacial score (nSPS) is 10.6. The zero-order chi connectivity index (χ0) is 12.8.